The van der Waals surface area contributed by atoms with Crippen LogP contribution in [0.3, 0.4) is 0 Å². The zero-order valence-electron chi connectivity index (χ0n) is 9.59. The largest absolute Gasteiger partial charge is 0.299 e. The second kappa shape index (κ2) is 3.39. The van der Waals surface area contributed by atoms with Crippen LogP contribution in [-0.4, -0.2) is 18.5 Å². The highest BCUT2D eigenvalue weighted by atomic mass is 15.1. The second-order valence-corrected chi connectivity index (χ2v) is 4.54. The molecule has 1 unspecified atom stereocenters. The molecule has 0 bridgehead atoms. The Morgan fingerprint density at radius 1 is 1.21 bits per heavy atom. The Morgan fingerprint density at radius 3 is 2.57 bits per heavy atom. The van der Waals surface area contributed by atoms with Gasteiger partial charge in [-0.1, -0.05) is 12.1 Å². The highest BCUT2D eigenvalue weighted by Gasteiger charge is 2.20. The molecule has 1 aromatic rings. The zero-order chi connectivity index (χ0) is 10.3. The van der Waals surface area contributed by atoms with E-state index in [4.69, 9.17) is 0 Å². The summed E-state index contributed by atoms with van der Waals surface area (Å²) in [6.45, 7) is 7.90. The summed E-state index contributed by atoms with van der Waals surface area (Å²) in [4.78, 5) is 2.43. The second-order valence-electron chi connectivity index (χ2n) is 4.54. The van der Waals surface area contributed by atoms with Crippen molar-refractivity contribution in [3.63, 3.8) is 0 Å². The Kier molecular flexibility index (Phi) is 2.36. The van der Waals surface area contributed by atoms with E-state index in [1.165, 1.54) is 29.7 Å². The number of rotatable bonds is 0. The minimum Gasteiger partial charge on any atom is -0.299 e. The molecular weight excluding hydrogens is 170 g/mol. The average Bonchev–Trinajstić information content (AvgIpc) is 2.15. The van der Waals surface area contributed by atoms with Crippen LogP contribution in [-0.2, 0) is 6.42 Å². The highest BCUT2D eigenvalue weighted by Crippen LogP contribution is 2.29. The summed E-state index contributed by atoms with van der Waals surface area (Å²) in [6.07, 6.45) is 1.21. The molecule has 1 nitrogen and oxygen atoms in total. The third kappa shape index (κ3) is 1.46. The third-order valence-electron chi connectivity index (χ3n) is 3.60. The normalized spacial score (nSPS) is 22.1. The number of nitrogens with zero attached hydrogens (tertiary/aromatic N) is 1. The van der Waals surface area contributed by atoms with Crippen LogP contribution in [0.4, 0.5) is 0 Å². The Bertz CT molecular complexity index is 354. The molecule has 1 aromatic carbocycles. The SMILES string of the molecule is Cc1cc2c(cc1C)C(C)N(C)CC2. The number of likely N-dealkylation sites (N-methyl/N-ethyl adjacent to an activating group) is 1. The van der Waals surface area contributed by atoms with Crippen molar-refractivity contribution in [2.24, 2.45) is 0 Å². The van der Waals surface area contributed by atoms with Gasteiger partial charge in [0.1, 0.15) is 0 Å². The molecule has 0 radical (unpaired) electrons. The van der Waals surface area contributed by atoms with Gasteiger partial charge in [0.25, 0.3) is 0 Å². The molecule has 76 valence electrons. The number of benzene rings is 1. The van der Waals surface area contributed by atoms with Crippen molar-refractivity contribution < 1.29 is 0 Å². The first-order valence-corrected chi connectivity index (χ1v) is 5.40. The van der Waals surface area contributed by atoms with Crippen molar-refractivity contribution in [1.82, 2.24) is 4.90 Å². The molecule has 0 aromatic heterocycles. The van der Waals surface area contributed by atoms with Crippen molar-refractivity contribution >= 4 is 0 Å². The molecule has 0 saturated carbocycles. The van der Waals surface area contributed by atoms with Crippen molar-refractivity contribution in [1.29, 1.82) is 0 Å². The predicted molar refractivity (Wildman–Crippen MR) is 60.7 cm³/mol. The van der Waals surface area contributed by atoms with E-state index >= 15 is 0 Å². The molecule has 0 fully saturated rings. The van der Waals surface area contributed by atoms with Crippen LogP contribution < -0.4 is 0 Å². The third-order valence-corrected chi connectivity index (χ3v) is 3.60. The van der Waals surface area contributed by atoms with Crippen molar-refractivity contribution in [2.45, 2.75) is 33.2 Å². The fourth-order valence-electron chi connectivity index (χ4n) is 2.23. The van der Waals surface area contributed by atoms with Gasteiger partial charge >= 0.3 is 0 Å². The maximum Gasteiger partial charge on any atom is 0.0319 e. The number of hydrogen-bond acceptors (Lipinski definition) is 1. The number of hydrogen-bond donors (Lipinski definition) is 0. The van der Waals surface area contributed by atoms with E-state index < -0.39 is 0 Å². The predicted octanol–water partition coefficient (Wildman–Crippen LogP) is 2.85. The fourth-order valence-corrected chi connectivity index (χ4v) is 2.23. The van der Waals surface area contributed by atoms with Crippen molar-refractivity contribution in [3.8, 4) is 0 Å². The maximum absolute atomic E-state index is 2.43. The van der Waals surface area contributed by atoms with E-state index in [0.717, 1.165) is 0 Å². The van der Waals surface area contributed by atoms with Gasteiger partial charge in [0.15, 0.2) is 0 Å². The molecule has 0 N–H and O–H groups in total. The number of aryl methyl sites for hydroxylation is 2. The summed E-state index contributed by atoms with van der Waals surface area (Å²) >= 11 is 0. The van der Waals surface area contributed by atoms with Gasteiger partial charge in [-0.3, -0.25) is 4.90 Å². The molecule has 14 heavy (non-hydrogen) atoms. The molecule has 0 spiro atoms. The molecule has 1 aliphatic rings. The lowest BCUT2D eigenvalue weighted by Crippen LogP contribution is -2.30. The Hall–Kier alpha value is -0.820. The van der Waals surface area contributed by atoms with E-state index in [-0.39, 0.29) is 0 Å². The van der Waals surface area contributed by atoms with Gasteiger partial charge in [0.05, 0.1) is 0 Å². The van der Waals surface area contributed by atoms with E-state index in [1.807, 2.05) is 0 Å². The van der Waals surface area contributed by atoms with Gasteiger partial charge in [-0.25, -0.2) is 0 Å². The molecule has 0 aliphatic carbocycles. The molecule has 0 saturated heterocycles. The Morgan fingerprint density at radius 2 is 1.86 bits per heavy atom. The fraction of sp³-hybridized carbons (Fsp3) is 0.538. The molecule has 1 heterocycles. The van der Waals surface area contributed by atoms with Crippen LogP contribution in [0, 0.1) is 13.8 Å². The highest BCUT2D eigenvalue weighted by molar-refractivity contribution is 5.40. The lowest BCUT2D eigenvalue weighted by atomic mass is 9.90. The smallest absolute Gasteiger partial charge is 0.0319 e. The lowest BCUT2D eigenvalue weighted by Gasteiger charge is -2.32. The lowest BCUT2D eigenvalue weighted by molar-refractivity contribution is 0.247. The van der Waals surface area contributed by atoms with Crippen LogP contribution in [0.15, 0.2) is 12.1 Å². The van der Waals surface area contributed by atoms with Gasteiger partial charge in [-0.05, 0) is 56.5 Å². The summed E-state index contributed by atoms with van der Waals surface area (Å²) in [5.41, 5.74) is 5.94. The summed E-state index contributed by atoms with van der Waals surface area (Å²) < 4.78 is 0. The summed E-state index contributed by atoms with van der Waals surface area (Å²) in [7, 11) is 2.21. The molecule has 1 aliphatic heterocycles. The van der Waals surface area contributed by atoms with Gasteiger partial charge < -0.3 is 0 Å². The maximum atomic E-state index is 2.43. The Labute approximate surface area is 86.7 Å². The first kappa shape index (κ1) is 9.72. The minimum absolute atomic E-state index is 0.582. The van der Waals surface area contributed by atoms with Crippen LogP contribution in [0.1, 0.15) is 35.2 Å². The summed E-state index contributed by atoms with van der Waals surface area (Å²) in [5.74, 6) is 0. The van der Waals surface area contributed by atoms with Crippen LogP contribution in [0.25, 0.3) is 0 Å². The topological polar surface area (TPSA) is 3.24 Å². The van der Waals surface area contributed by atoms with Crippen molar-refractivity contribution in [3.05, 3.63) is 34.4 Å². The minimum atomic E-state index is 0.582. The van der Waals surface area contributed by atoms with E-state index in [2.05, 4.69) is 44.9 Å². The molecule has 1 atom stereocenters. The quantitative estimate of drug-likeness (QED) is 0.606. The van der Waals surface area contributed by atoms with E-state index in [0.29, 0.717) is 6.04 Å². The van der Waals surface area contributed by atoms with Gasteiger partial charge in [-0.2, -0.15) is 0 Å². The molecule has 0 amide bonds. The van der Waals surface area contributed by atoms with Gasteiger partial charge in [-0.15, -0.1) is 0 Å². The number of fused-ring (bicyclic) bond motifs is 1. The van der Waals surface area contributed by atoms with Crippen LogP contribution in [0.5, 0.6) is 0 Å². The molecule has 1 heteroatoms. The summed E-state index contributed by atoms with van der Waals surface area (Å²) in [5, 5.41) is 0. The standard InChI is InChI=1S/C13H19N/c1-9-7-12-5-6-14(4)11(3)13(12)8-10(9)2/h7-8,11H,5-6H2,1-4H3. The first-order chi connectivity index (χ1) is 6.59. The first-order valence-electron chi connectivity index (χ1n) is 5.40. The van der Waals surface area contributed by atoms with E-state index in [9.17, 15) is 0 Å². The average molecular weight is 189 g/mol. The zero-order valence-corrected chi connectivity index (χ0v) is 9.59. The van der Waals surface area contributed by atoms with Crippen LogP contribution in [0.2, 0.25) is 0 Å². The Balaban J connectivity index is 2.50. The molecule has 2 rings (SSSR count). The van der Waals surface area contributed by atoms with E-state index in [1.54, 1.807) is 5.56 Å². The van der Waals surface area contributed by atoms with Crippen LogP contribution >= 0.6 is 0 Å². The molecular formula is C13H19N. The summed E-state index contributed by atoms with van der Waals surface area (Å²) in [6, 6.07) is 5.32. The van der Waals surface area contributed by atoms with Crippen molar-refractivity contribution in [2.75, 3.05) is 13.6 Å². The van der Waals surface area contributed by atoms with Gasteiger partial charge in [0.2, 0.25) is 0 Å². The monoisotopic (exact) mass is 189 g/mol. The van der Waals surface area contributed by atoms with Gasteiger partial charge in [0, 0.05) is 12.6 Å².